The van der Waals surface area contributed by atoms with Crippen molar-refractivity contribution in [1.29, 1.82) is 0 Å². The molecule has 0 aliphatic carbocycles. The molecule has 0 amide bonds. The first-order valence-corrected chi connectivity index (χ1v) is 13.7. The maximum Gasteiger partial charge on any atom is 0.0725 e. The van der Waals surface area contributed by atoms with Crippen molar-refractivity contribution in [2.75, 3.05) is 0 Å². The van der Waals surface area contributed by atoms with Crippen LogP contribution in [0.4, 0.5) is 0 Å². The third kappa shape index (κ3) is 4.85. The summed E-state index contributed by atoms with van der Waals surface area (Å²) in [5.41, 5.74) is 9.85. The van der Waals surface area contributed by atoms with Crippen LogP contribution in [-0.2, 0) is 0 Å². The zero-order chi connectivity index (χ0) is 25.9. The quantitative estimate of drug-likeness (QED) is 0.233. The van der Waals surface area contributed by atoms with E-state index >= 15 is 0 Å². The lowest BCUT2D eigenvalue weighted by atomic mass is 9.94. The molecule has 0 aromatic heterocycles. The molecule has 5 aromatic rings. The number of hydrogen-bond donors (Lipinski definition) is 0. The third-order valence-corrected chi connectivity index (χ3v) is 7.85. The van der Waals surface area contributed by atoms with Crippen LogP contribution in [0.25, 0.3) is 50.6 Å². The molecule has 1 heteroatoms. The van der Waals surface area contributed by atoms with Gasteiger partial charge in [0.2, 0.25) is 0 Å². The van der Waals surface area contributed by atoms with Crippen molar-refractivity contribution < 1.29 is 0 Å². The largest absolute Gasteiger partial charge is 0.280 e. The first kappa shape index (κ1) is 24.1. The number of hydrogen-bond acceptors (Lipinski definition) is 1. The van der Waals surface area contributed by atoms with Gasteiger partial charge in [-0.1, -0.05) is 129 Å². The second-order valence-electron chi connectivity index (χ2n) is 10.4. The number of fused-ring (bicyclic) bond motifs is 1. The van der Waals surface area contributed by atoms with E-state index in [-0.39, 0.29) is 0 Å². The van der Waals surface area contributed by atoms with Gasteiger partial charge in [-0.05, 0) is 75.1 Å². The lowest BCUT2D eigenvalue weighted by Gasteiger charge is -2.16. The van der Waals surface area contributed by atoms with Crippen molar-refractivity contribution in [3.63, 3.8) is 0 Å². The minimum atomic E-state index is 0.339. The summed E-state index contributed by atoms with van der Waals surface area (Å²) < 4.78 is 0. The fourth-order valence-corrected chi connectivity index (χ4v) is 5.56. The molecule has 2 unspecified atom stereocenters. The van der Waals surface area contributed by atoms with Gasteiger partial charge in [0.15, 0.2) is 0 Å². The summed E-state index contributed by atoms with van der Waals surface area (Å²) in [7, 11) is 0. The van der Waals surface area contributed by atoms with Crippen LogP contribution in [0.3, 0.4) is 0 Å². The Morgan fingerprint density at radius 1 is 0.579 bits per heavy atom. The van der Waals surface area contributed by atoms with Crippen LogP contribution in [0, 0.1) is 5.92 Å². The van der Waals surface area contributed by atoms with E-state index < -0.39 is 0 Å². The molecule has 2 atom stereocenters. The molecule has 1 nitrogen and oxygen atoms in total. The molecule has 1 aliphatic heterocycles. The van der Waals surface area contributed by atoms with Crippen LogP contribution in [0.15, 0.2) is 126 Å². The summed E-state index contributed by atoms with van der Waals surface area (Å²) in [5, 5.41) is 2.39. The van der Waals surface area contributed by atoms with Crippen LogP contribution in [0.5, 0.6) is 0 Å². The van der Waals surface area contributed by atoms with Crippen molar-refractivity contribution in [3.05, 3.63) is 132 Å². The van der Waals surface area contributed by atoms with Crippen LogP contribution in [-0.4, -0.2) is 6.04 Å². The maximum atomic E-state index is 5.35. The zero-order valence-electron chi connectivity index (χ0n) is 22.1. The highest BCUT2D eigenvalue weighted by Gasteiger charge is 2.17. The van der Waals surface area contributed by atoms with Gasteiger partial charge >= 0.3 is 0 Å². The summed E-state index contributed by atoms with van der Waals surface area (Å²) in [6.45, 7) is 4.59. The second-order valence-corrected chi connectivity index (χ2v) is 10.4. The molecular weight excluding hydrogens is 458 g/mol. The summed E-state index contributed by atoms with van der Waals surface area (Å²) in [4.78, 5) is 5.35. The van der Waals surface area contributed by atoms with Gasteiger partial charge in [0.1, 0.15) is 0 Å². The summed E-state index contributed by atoms with van der Waals surface area (Å²) >= 11 is 0. The molecule has 38 heavy (non-hydrogen) atoms. The lowest BCUT2D eigenvalue weighted by molar-refractivity contribution is 0.455. The van der Waals surface area contributed by atoms with Crippen LogP contribution in [0.2, 0.25) is 0 Å². The minimum absolute atomic E-state index is 0.339. The van der Waals surface area contributed by atoms with Crippen molar-refractivity contribution >= 4 is 6.08 Å². The molecule has 0 N–H and O–H groups in total. The van der Waals surface area contributed by atoms with E-state index in [4.69, 9.17) is 4.99 Å². The monoisotopic (exact) mass is 491 g/mol. The fraction of sp³-hybridized carbons (Fsp3) is 0.162. The number of benzene rings is 5. The van der Waals surface area contributed by atoms with Crippen LogP contribution >= 0.6 is 0 Å². The van der Waals surface area contributed by atoms with Crippen molar-refractivity contribution in [3.8, 4) is 44.5 Å². The second kappa shape index (κ2) is 10.6. The first-order valence-electron chi connectivity index (χ1n) is 13.7. The Kier molecular flexibility index (Phi) is 6.75. The van der Waals surface area contributed by atoms with Crippen molar-refractivity contribution in [1.82, 2.24) is 0 Å². The van der Waals surface area contributed by atoms with E-state index in [2.05, 4.69) is 141 Å². The van der Waals surface area contributed by atoms with Gasteiger partial charge in [-0.3, -0.25) is 4.99 Å². The molecule has 0 saturated carbocycles. The molecule has 1 heterocycles. The van der Waals surface area contributed by atoms with E-state index in [1.165, 1.54) is 49.7 Å². The van der Waals surface area contributed by atoms with E-state index in [1.807, 2.05) is 0 Å². The maximum absolute atomic E-state index is 5.35. The van der Waals surface area contributed by atoms with E-state index in [9.17, 15) is 0 Å². The van der Waals surface area contributed by atoms with E-state index in [0.717, 1.165) is 18.2 Å². The van der Waals surface area contributed by atoms with Crippen molar-refractivity contribution in [2.24, 2.45) is 10.9 Å². The Labute approximate surface area is 225 Å². The average Bonchev–Trinajstić information content (AvgIpc) is 3.16. The van der Waals surface area contributed by atoms with Gasteiger partial charge in [0, 0.05) is 5.56 Å². The molecule has 1 aliphatic rings. The van der Waals surface area contributed by atoms with Crippen LogP contribution < -0.4 is 10.6 Å². The third-order valence-electron chi connectivity index (χ3n) is 7.85. The first-order chi connectivity index (χ1) is 18.7. The Balaban J connectivity index is 1.48. The van der Waals surface area contributed by atoms with Gasteiger partial charge in [-0.15, -0.1) is 0 Å². The molecule has 0 radical (unpaired) electrons. The molecule has 0 saturated heterocycles. The summed E-state index contributed by atoms with van der Waals surface area (Å²) in [5.74, 6) is 0.536. The SMILES string of the molecule is CCC1N=c2c(-c3ccc(-c4ccccc4)cc3)cc(-c3ccc(-c4ccccc4)cc3)cc2=CCC1C. The highest BCUT2D eigenvalue weighted by atomic mass is 14.8. The summed E-state index contributed by atoms with van der Waals surface area (Å²) in [6.07, 6.45) is 4.52. The van der Waals surface area contributed by atoms with Gasteiger partial charge in [0.05, 0.1) is 11.4 Å². The summed E-state index contributed by atoms with van der Waals surface area (Å²) in [6, 6.07) is 44.1. The Hall–Kier alpha value is -4.23. The van der Waals surface area contributed by atoms with Gasteiger partial charge in [-0.2, -0.15) is 0 Å². The highest BCUT2D eigenvalue weighted by molar-refractivity contribution is 5.77. The van der Waals surface area contributed by atoms with E-state index in [1.54, 1.807) is 0 Å². The van der Waals surface area contributed by atoms with Gasteiger partial charge in [0.25, 0.3) is 0 Å². The Morgan fingerprint density at radius 2 is 1.05 bits per heavy atom. The van der Waals surface area contributed by atoms with E-state index in [0.29, 0.717) is 12.0 Å². The molecule has 0 spiro atoms. The molecule has 5 aromatic carbocycles. The zero-order valence-corrected chi connectivity index (χ0v) is 22.1. The normalized spacial score (nSPS) is 16.6. The Morgan fingerprint density at radius 3 is 1.58 bits per heavy atom. The Bertz CT molecular complexity index is 1650. The van der Waals surface area contributed by atoms with Crippen molar-refractivity contribution in [2.45, 2.75) is 32.7 Å². The molecule has 6 rings (SSSR count). The van der Waals surface area contributed by atoms with Gasteiger partial charge < -0.3 is 0 Å². The molecular formula is C37H33N. The topological polar surface area (TPSA) is 12.4 Å². The predicted molar refractivity (Wildman–Crippen MR) is 161 cm³/mol. The fourth-order valence-electron chi connectivity index (χ4n) is 5.56. The highest BCUT2D eigenvalue weighted by Crippen LogP contribution is 2.29. The average molecular weight is 492 g/mol. The molecule has 186 valence electrons. The minimum Gasteiger partial charge on any atom is -0.280 e. The molecule has 0 fully saturated rings. The van der Waals surface area contributed by atoms with Gasteiger partial charge in [-0.25, -0.2) is 0 Å². The molecule has 0 bridgehead atoms. The van der Waals surface area contributed by atoms with Crippen LogP contribution in [0.1, 0.15) is 26.7 Å². The smallest absolute Gasteiger partial charge is 0.0725 e. The lowest BCUT2D eigenvalue weighted by Crippen LogP contribution is -2.28. The number of nitrogens with zero attached hydrogens (tertiary/aromatic N) is 1. The predicted octanol–water partition coefficient (Wildman–Crippen LogP) is 8.57. The standard InChI is InChI=1S/C37H33N/c1-3-36-26(2)14-15-33-24-34(31-18-16-29(17-19-31)27-10-6-4-7-11-27)25-35(37(33)38-36)32-22-20-30(21-23-32)28-12-8-5-9-13-28/h4-13,15-26,36H,3,14H2,1-2H3. The number of rotatable bonds is 5.